The summed E-state index contributed by atoms with van der Waals surface area (Å²) in [5.41, 5.74) is 6.51. The molecule has 1 unspecified atom stereocenters. The van der Waals surface area contributed by atoms with Crippen molar-refractivity contribution < 1.29 is 4.79 Å². The quantitative estimate of drug-likeness (QED) is 0.722. The van der Waals surface area contributed by atoms with Crippen LogP contribution in [-0.4, -0.2) is 43.5 Å². The largest absolute Gasteiger partial charge is 0.397 e. The number of likely N-dealkylation sites (tertiary alicyclic amines) is 1. The van der Waals surface area contributed by atoms with Crippen LogP contribution < -0.4 is 16.4 Å². The van der Waals surface area contributed by atoms with E-state index >= 15 is 0 Å². The van der Waals surface area contributed by atoms with E-state index in [1.165, 1.54) is 24.3 Å². The first-order chi connectivity index (χ1) is 10.1. The molecule has 0 aliphatic carbocycles. The molecular formula is C15H26N4OS. The van der Waals surface area contributed by atoms with Gasteiger partial charge in [-0.2, -0.15) is 0 Å². The maximum Gasteiger partial charge on any atom is 0.263 e. The molecule has 1 aliphatic heterocycles. The van der Waals surface area contributed by atoms with Crippen LogP contribution in [0.15, 0.2) is 6.07 Å². The second kappa shape index (κ2) is 7.66. The fraction of sp³-hybridized carbons (Fsp3) is 0.667. The average Bonchev–Trinajstić information content (AvgIpc) is 3.08. The second-order valence-corrected chi connectivity index (χ2v) is 6.63. The summed E-state index contributed by atoms with van der Waals surface area (Å²) >= 11 is 1.45. The third-order valence-electron chi connectivity index (χ3n) is 3.88. The molecule has 1 aromatic heterocycles. The molecule has 2 rings (SSSR count). The number of hydrogen-bond donors (Lipinski definition) is 3. The molecule has 0 bridgehead atoms. The van der Waals surface area contributed by atoms with Gasteiger partial charge in [0.25, 0.3) is 5.91 Å². The lowest BCUT2D eigenvalue weighted by Gasteiger charge is -2.13. The predicted molar refractivity (Wildman–Crippen MR) is 90.1 cm³/mol. The Morgan fingerprint density at radius 2 is 2.33 bits per heavy atom. The molecule has 1 atom stereocenters. The van der Waals surface area contributed by atoms with Crippen LogP contribution in [0, 0.1) is 5.92 Å². The number of hydrogen-bond acceptors (Lipinski definition) is 5. The van der Waals surface area contributed by atoms with Crippen LogP contribution in [-0.2, 0) is 0 Å². The summed E-state index contributed by atoms with van der Waals surface area (Å²) in [4.78, 5) is 15.1. The Kier molecular flexibility index (Phi) is 5.87. The fourth-order valence-electron chi connectivity index (χ4n) is 2.60. The van der Waals surface area contributed by atoms with Crippen molar-refractivity contribution in [2.45, 2.75) is 26.7 Å². The number of nitrogens with two attached hydrogens (primary N) is 1. The maximum atomic E-state index is 12.0. The van der Waals surface area contributed by atoms with Gasteiger partial charge in [-0.1, -0.05) is 13.8 Å². The number of anilines is 2. The van der Waals surface area contributed by atoms with Crippen LogP contribution in [0.3, 0.4) is 0 Å². The molecule has 5 nitrogen and oxygen atoms in total. The molecule has 6 heteroatoms. The van der Waals surface area contributed by atoms with E-state index in [-0.39, 0.29) is 5.91 Å². The third kappa shape index (κ3) is 4.35. The normalized spacial score (nSPS) is 18.9. The first-order valence-electron chi connectivity index (χ1n) is 7.77. The van der Waals surface area contributed by atoms with E-state index in [4.69, 9.17) is 5.73 Å². The number of rotatable bonds is 7. The topological polar surface area (TPSA) is 70.4 Å². The molecule has 2 heterocycles. The summed E-state index contributed by atoms with van der Waals surface area (Å²) in [5, 5.41) is 7.30. The summed E-state index contributed by atoms with van der Waals surface area (Å²) in [6, 6.07) is 1.87. The molecule has 0 spiro atoms. The van der Waals surface area contributed by atoms with Crippen molar-refractivity contribution in [1.82, 2.24) is 10.2 Å². The van der Waals surface area contributed by atoms with Gasteiger partial charge in [-0.25, -0.2) is 0 Å². The molecule has 1 saturated heterocycles. The zero-order valence-electron chi connectivity index (χ0n) is 12.9. The summed E-state index contributed by atoms with van der Waals surface area (Å²) < 4.78 is 0. The SMILES string of the molecule is CCCNC(=O)c1sc(NCC2CCN(CC)C2)cc1N. The molecule has 0 radical (unpaired) electrons. The number of carbonyl (C=O) groups excluding carboxylic acids is 1. The van der Waals surface area contributed by atoms with Gasteiger partial charge in [0.15, 0.2) is 0 Å². The Labute approximate surface area is 130 Å². The highest BCUT2D eigenvalue weighted by atomic mass is 32.1. The second-order valence-electron chi connectivity index (χ2n) is 5.58. The van der Waals surface area contributed by atoms with Crippen molar-refractivity contribution in [3.63, 3.8) is 0 Å². The van der Waals surface area contributed by atoms with Crippen molar-refractivity contribution in [2.75, 3.05) is 43.8 Å². The van der Waals surface area contributed by atoms with Gasteiger partial charge in [-0.15, -0.1) is 11.3 Å². The minimum Gasteiger partial charge on any atom is -0.397 e. The summed E-state index contributed by atoms with van der Waals surface area (Å²) in [5.74, 6) is 0.621. The van der Waals surface area contributed by atoms with E-state index in [1.54, 1.807) is 0 Å². The van der Waals surface area contributed by atoms with E-state index in [9.17, 15) is 4.79 Å². The summed E-state index contributed by atoms with van der Waals surface area (Å²) in [6.45, 7) is 9.36. The van der Waals surface area contributed by atoms with E-state index in [0.717, 1.165) is 31.1 Å². The molecule has 0 saturated carbocycles. The number of nitrogens with one attached hydrogen (secondary N) is 2. The Hall–Kier alpha value is -1.27. The molecule has 1 aliphatic rings. The lowest BCUT2D eigenvalue weighted by molar-refractivity contribution is 0.0958. The standard InChI is InChI=1S/C15H26N4OS/c1-3-6-17-15(20)14-12(16)8-13(21-14)18-9-11-5-7-19(4-2)10-11/h8,11,18H,3-7,9-10,16H2,1-2H3,(H,17,20). The molecular weight excluding hydrogens is 284 g/mol. The monoisotopic (exact) mass is 310 g/mol. The Bertz CT molecular complexity index is 474. The molecule has 118 valence electrons. The van der Waals surface area contributed by atoms with Crippen LogP contribution in [0.4, 0.5) is 10.7 Å². The predicted octanol–water partition coefficient (Wildman–Crippen LogP) is 2.22. The van der Waals surface area contributed by atoms with E-state index in [1.807, 2.05) is 13.0 Å². The first-order valence-corrected chi connectivity index (χ1v) is 8.59. The maximum absolute atomic E-state index is 12.0. The van der Waals surface area contributed by atoms with E-state index < -0.39 is 0 Å². The van der Waals surface area contributed by atoms with Crippen LogP contribution in [0.1, 0.15) is 36.4 Å². The van der Waals surface area contributed by atoms with Crippen LogP contribution >= 0.6 is 11.3 Å². The van der Waals surface area contributed by atoms with Crippen molar-refractivity contribution in [1.29, 1.82) is 0 Å². The third-order valence-corrected chi connectivity index (χ3v) is 4.99. The number of nitrogens with zero attached hydrogens (tertiary/aromatic N) is 1. The average molecular weight is 310 g/mol. The van der Waals surface area contributed by atoms with Gasteiger partial charge in [0.1, 0.15) is 4.88 Å². The number of nitrogen functional groups attached to an aromatic ring is 1. The molecule has 0 aromatic carbocycles. The van der Waals surface area contributed by atoms with Crippen molar-refractivity contribution in [3.05, 3.63) is 10.9 Å². The van der Waals surface area contributed by atoms with Gasteiger partial charge in [0, 0.05) is 19.6 Å². The van der Waals surface area contributed by atoms with Crippen LogP contribution in [0.2, 0.25) is 0 Å². The van der Waals surface area contributed by atoms with E-state index in [0.29, 0.717) is 23.0 Å². The highest BCUT2D eigenvalue weighted by Gasteiger charge is 2.21. The zero-order valence-corrected chi connectivity index (χ0v) is 13.8. The first kappa shape index (κ1) is 16.1. The molecule has 1 fully saturated rings. The summed E-state index contributed by atoms with van der Waals surface area (Å²) in [7, 11) is 0. The van der Waals surface area contributed by atoms with Gasteiger partial charge in [0.2, 0.25) is 0 Å². The molecule has 4 N–H and O–H groups in total. The lowest BCUT2D eigenvalue weighted by Crippen LogP contribution is -2.23. The minimum atomic E-state index is -0.0644. The van der Waals surface area contributed by atoms with E-state index in [2.05, 4.69) is 22.5 Å². The van der Waals surface area contributed by atoms with Gasteiger partial charge in [0.05, 0.1) is 10.7 Å². The Morgan fingerprint density at radius 3 is 3.00 bits per heavy atom. The van der Waals surface area contributed by atoms with Crippen LogP contribution in [0.25, 0.3) is 0 Å². The number of carbonyl (C=O) groups is 1. The highest BCUT2D eigenvalue weighted by Crippen LogP contribution is 2.29. The van der Waals surface area contributed by atoms with Gasteiger partial charge in [-0.05, 0) is 37.9 Å². The van der Waals surface area contributed by atoms with Gasteiger partial charge in [-0.3, -0.25) is 4.79 Å². The fourth-order valence-corrected chi connectivity index (χ4v) is 3.50. The minimum absolute atomic E-state index is 0.0644. The Morgan fingerprint density at radius 1 is 1.52 bits per heavy atom. The van der Waals surface area contributed by atoms with Gasteiger partial charge >= 0.3 is 0 Å². The highest BCUT2D eigenvalue weighted by molar-refractivity contribution is 7.18. The molecule has 1 amide bonds. The zero-order chi connectivity index (χ0) is 15.2. The van der Waals surface area contributed by atoms with Gasteiger partial charge < -0.3 is 21.3 Å². The number of amides is 1. The van der Waals surface area contributed by atoms with Crippen LogP contribution in [0.5, 0.6) is 0 Å². The Balaban J connectivity index is 1.86. The lowest BCUT2D eigenvalue weighted by atomic mass is 10.1. The summed E-state index contributed by atoms with van der Waals surface area (Å²) in [6.07, 6.45) is 2.17. The molecule has 1 aromatic rings. The smallest absolute Gasteiger partial charge is 0.263 e. The van der Waals surface area contributed by atoms with Crippen molar-refractivity contribution >= 4 is 27.9 Å². The van der Waals surface area contributed by atoms with Crippen molar-refractivity contribution in [3.8, 4) is 0 Å². The van der Waals surface area contributed by atoms with Crippen molar-refractivity contribution in [2.24, 2.45) is 5.92 Å². The number of thiophene rings is 1. The molecule has 21 heavy (non-hydrogen) atoms.